The molecule has 0 fully saturated rings. The highest BCUT2D eigenvalue weighted by Crippen LogP contribution is 2.22. The lowest BCUT2D eigenvalue weighted by molar-refractivity contribution is 1.52. The molecule has 0 N–H and O–H groups in total. The van der Waals surface area contributed by atoms with E-state index in [9.17, 15) is 0 Å². The third-order valence-corrected chi connectivity index (χ3v) is 2.80. The van der Waals surface area contributed by atoms with Gasteiger partial charge in [-0.25, -0.2) is 0 Å². The van der Waals surface area contributed by atoms with Crippen molar-refractivity contribution in [2.24, 2.45) is 0 Å². The molecule has 0 heteroatoms. The Balaban J connectivity index is 2.72. The SMILES string of the molecule is C=C=C(C)c1ccc2c(C)cccc2c1. The van der Waals surface area contributed by atoms with Gasteiger partial charge in [-0.05, 0) is 47.4 Å². The number of benzene rings is 2. The predicted octanol–water partition coefficient (Wildman–Crippen LogP) is 4.34. The molecule has 0 nitrogen and oxygen atoms in total. The second kappa shape index (κ2) is 3.76. The fourth-order valence-electron chi connectivity index (χ4n) is 1.78. The number of aryl methyl sites for hydroxylation is 1. The van der Waals surface area contributed by atoms with Gasteiger partial charge in [-0.2, -0.15) is 0 Å². The lowest BCUT2D eigenvalue weighted by Crippen LogP contribution is -1.82. The first-order valence-electron chi connectivity index (χ1n) is 5.09. The minimum Gasteiger partial charge on any atom is -0.125 e. The quantitative estimate of drug-likeness (QED) is 0.592. The molecule has 2 rings (SSSR count). The van der Waals surface area contributed by atoms with Gasteiger partial charge in [0, 0.05) is 0 Å². The normalized spacial score (nSPS) is 10.0. The number of rotatable bonds is 1. The summed E-state index contributed by atoms with van der Waals surface area (Å²) in [5.74, 6) is 0. The van der Waals surface area contributed by atoms with Gasteiger partial charge in [-0.3, -0.25) is 0 Å². The highest BCUT2D eigenvalue weighted by molar-refractivity contribution is 5.88. The summed E-state index contributed by atoms with van der Waals surface area (Å²) in [5, 5.41) is 2.60. The molecular weight excluding hydrogens is 180 g/mol. The van der Waals surface area contributed by atoms with Gasteiger partial charge < -0.3 is 0 Å². The van der Waals surface area contributed by atoms with Crippen molar-refractivity contribution in [2.75, 3.05) is 0 Å². The van der Waals surface area contributed by atoms with Crippen molar-refractivity contribution >= 4 is 16.3 Å². The number of hydrogen-bond donors (Lipinski definition) is 0. The molecule has 0 aliphatic carbocycles. The van der Waals surface area contributed by atoms with E-state index >= 15 is 0 Å². The van der Waals surface area contributed by atoms with Crippen LogP contribution in [0.2, 0.25) is 0 Å². The van der Waals surface area contributed by atoms with Gasteiger partial charge >= 0.3 is 0 Å². The fraction of sp³-hybridized carbons (Fsp3) is 0.133. The van der Waals surface area contributed by atoms with Gasteiger partial charge in [0.05, 0.1) is 0 Å². The molecule has 0 atom stereocenters. The Bertz CT molecular complexity index is 555. The molecule has 0 saturated carbocycles. The molecule has 2 aromatic carbocycles. The summed E-state index contributed by atoms with van der Waals surface area (Å²) in [4.78, 5) is 0. The molecular formula is C15H14. The monoisotopic (exact) mass is 194 g/mol. The Morgan fingerprint density at radius 1 is 1.20 bits per heavy atom. The van der Waals surface area contributed by atoms with Crippen LogP contribution in [0.4, 0.5) is 0 Å². The van der Waals surface area contributed by atoms with Gasteiger partial charge in [0.25, 0.3) is 0 Å². The zero-order chi connectivity index (χ0) is 10.8. The van der Waals surface area contributed by atoms with E-state index in [1.54, 1.807) is 0 Å². The molecule has 0 radical (unpaired) electrons. The van der Waals surface area contributed by atoms with E-state index in [4.69, 9.17) is 0 Å². The number of allylic oxidation sites excluding steroid dienone is 1. The maximum atomic E-state index is 3.67. The second-order valence-corrected chi connectivity index (χ2v) is 3.81. The van der Waals surface area contributed by atoms with Crippen LogP contribution in [0.25, 0.3) is 16.3 Å². The van der Waals surface area contributed by atoms with Crippen LogP contribution in [-0.2, 0) is 0 Å². The lowest BCUT2D eigenvalue weighted by atomic mass is 10.0. The van der Waals surface area contributed by atoms with Gasteiger partial charge in [-0.1, -0.05) is 36.9 Å². The van der Waals surface area contributed by atoms with Crippen molar-refractivity contribution in [1.29, 1.82) is 0 Å². The summed E-state index contributed by atoms with van der Waals surface area (Å²) < 4.78 is 0. The van der Waals surface area contributed by atoms with Crippen molar-refractivity contribution in [3.05, 3.63) is 59.8 Å². The maximum absolute atomic E-state index is 3.67. The summed E-state index contributed by atoms with van der Waals surface area (Å²) in [6, 6.07) is 12.9. The molecule has 74 valence electrons. The Labute approximate surface area is 90.6 Å². The number of hydrogen-bond acceptors (Lipinski definition) is 0. The van der Waals surface area contributed by atoms with Crippen LogP contribution >= 0.6 is 0 Å². The van der Waals surface area contributed by atoms with Crippen LogP contribution in [0.3, 0.4) is 0 Å². The average molecular weight is 194 g/mol. The van der Waals surface area contributed by atoms with E-state index in [2.05, 4.69) is 55.6 Å². The van der Waals surface area contributed by atoms with Gasteiger partial charge in [0.1, 0.15) is 0 Å². The van der Waals surface area contributed by atoms with Gasteiger partial charge in [-0.15, -0.1) is 5.73 Å². The van der Waals surface area contributed by atoms with E-state index < -0.39 is 0 Å². The molecule has 0 saturated heterocycles. The standard InChI is InChI=1S/C15H14/c1-4-11(2)13-8-9-15-12(3)6-5-7-14(15)10-13/h5-10H,1H2,2-3H3. The summed E-state index contributed by atoms with van der Waals surface area (Å²) >= 11 is 0. The molecule has 0 unspecified atom stereocenters. The van der Waals surface area contributed by atoms with E-state index in [0.29, 0.717) is 0 Å². The van der Waals surface area contributed by atoms with Crippen LogP contribution < -0.4 is 0 Å². The van der Waals surface area contributed by atoms with Crippen LogP contribution in [0, 0.1) is 6.92 Å². The van der Waals surface area contributed by atoms with Crippen LogP contribution in [0.5, 0.6) is 0 Å². The molecule has 0 aromatic heterocycles. The highest BCUT2D eigenvalue weighted by atomic mass is 14.0. The smallest absolute Gasteiger partial charge is 0.00250 e. The summed E-state index contributed by atoms with van der Waals surface area (Å²) in [6.45, 7) is 7.84. The molecule has 0 amide bonds. The van der Waals surface area contributed by atoms with Crippen LogP contribution in [0.15, 0.2) is 48.7 Å². The average Bonchev–Trinajstić information content (AvgIpc) is 2.28. The maximum Gasteiger partial charge on any atom is -0.00250 e. The van der Waals surface area contributed by atoms with Crippen molar-refractivity contribution in [1.82, 2.24) is 0 Å². The third-order valence-electron chi connectivity index (χ3n) is 2.80. The van der Waals surface area contributed by atoms with E-state index in [1.165, 1.54) is 21.9 Å². The first-order chi connectivity index (χ1) is 7.22. The predicted molar refractivity (Wildman–Crippen MR) is 66.9 cm³/mol. The summed E-state index contributed by atoms with van der Waals surface area (Å²) in [5.41, 5.74) is 6.54. The highest BCUT2D eigenvalue weighted by Gasteiger charge is 1.99. The van der Waals surface area contributed by atoms with E-state index in [1.807, 2.05) is 6.92 Å². The topological polar surface area (TPSA) is 0 Å². The van der Waals surface area contributed by atoms with E-state index in [-0.39, 0.29) is 0 Å². The van der Waals surface area contributed by atoms with Crippen molar-refractivity contribution in [3.63, 3.8) is 0 Å². The van der Waals surface area contributed by atoms with Crippen LogP contribution in [0.1, 0.15) is 18.1 Å². The molecule has 0 spiro atoms. The molecule has 0 aliphatic rings. The zero-order valence-corrected chi connectivity index (χ0v) is 9.17. The van der Waals surface area contributed by atoms with Gasteiger partial charge in [0.15, 0.2) is 0 Å². The largest absolute Gasteiger partial charge is 0.125 e. The van der Waals surface area contributed by atoms with Crippen LogP contribution in [-0.4, -0.2) is 0 Å². The molecule has 15 heavy (non-hydrogen) atoms. The van der Waals surface area contributed by atoms with Gasteiger partial charge in [0.2, 0.25) is 0 Å². The summed E-state index contributed by atoms with van der Waals surface area (Å²) in [7, 11) is 0. The first kappa shape index (κ1) is 9.76. The van der Waals surface area contributed by atoms with Crippen molar-refractivity contribution < 1.29 is 0 Å². The third kappa shape index (κ3) is 1.72. The van der Waals surface area contributed by atoms with E-state index in [0.717, 1.165) is 5.57 Å². The minimum atomic E-state index is 1.10. The molecule has 0 aliphatic heterocycles. The summed E-state index contributed by atoms with van der Waals surface area (Å²) in [6.07, 6.45) is 0. The minimum absolute atomic E-state index is 1.10. The Kier molecular flexibility index (Phi) is 2.45. The fourth-order valence-corrected chi connectivity index (χ4v) is 1.78. The Hall–Kier alpha value is -1.78. The molecule has 0 heterocycles. The second-order valence-electron chi connectivity index (χ2n) is 3.81. The zero-order valence-electron chi connectivity index (χ0n) is 9.17. The van der Waals surface area contributed by atoms with Crippen molar-refractivity contribution in [3.8, 4) is 0 Å². The number of fused-ring (bicyclic) bond motifs is 1. The molecule has 0 bridgehead atoms. The van der Waals surface area contributed by atoms with Crippen molar-refractivity contribution in [2.45, 2.75) is 13.8 Å². The lowest BCUT2D eigenvalue weighted by Gasteiger charge is -2.04. The Morgan fingerprint density at radius 3 is 2.73 bits per heavy atom. The Morgan fingerprint density at radius 2 is 2.00 bits per heavy atom. The molecule has 2 aromatic rings. The first-order valence-corrected chi connectivity index (χ1v) is 5.09.